The number of hydrogen-bond acceptors (Lipinski definition) is 7. The summed E-state index contributed by atoms with van der Waals surface area (Å²) in [4.78, 5) is 15.8. The van der Waals surface area contributed by atoms with Gasteiger partial charge in [0.25, 0.3) is 0 Å². The van der Waals surface area contributed by atoms with Crippen molar-refractivity contribution in [1.29, 1.82) is 0 Å². The molecule has 196 valence electrons. The normalized spacial score (nSPS) is 20.9. The summed E-state index contributed by atoms with van der Waals surface area (Å²) in [5.41, 5.74) is -0.0928. The SMILES string of the molecule is COc1cc(CN2CCOCC(O)(COc3ccc(Cl)cc3)C2)ccc1OCCCN1CCCC1=O. The second-order valence-electron chi connectivity index (χ2n) is 9.40. The zero-order valence-electron chi connectivity index (χ0n) is 20.8. The summed E-state index contributed by atoms with van der Waals surface area (Å²) in [6.07, 6.45) is 2.39. The number of hydrogen-bond donors (Lipinski definition) is 1. The number of β-amino-alcohol motifs (C(OH)–C–C–N with tert-alkyl or cyclic N) is 1. The zero-order valence-corrected chi connectivity index (χ0v) is 21.5. The van der Waals surface area contributed by atoms with E-state index in [0.29, 0.717) is 61.5 Å². The first-order valence-electron chi connectivity index (χ1n) is 12.4. The van der Waals surface area contributed by atoms with Crippen LogP contribution in [0.15, 0.2) is 42.5 Å². The molecule has 0 saturated carbocycles. The molecule has 2 aromatic rings. The Kier molecular flexibility index (Phi) is 9.31. The fourth-order valence-corrected chi connectivity index (χ4v) is 4.66. The molecule has 36 heavy (non-hydrogen) atoms. The molecule has 0 bridgehead atoms. The van der Waals surface area contributed by atoms with Gasteiger partial charge in [-0.1, -0.05) is 17.7 Å². The topological polar surface area (TPSA) is 80.7 Å². The number of carbonyl (C=O) groups is 1. The second kappa shape index (κ2) is 12.6. The summed E-state index contributed by atoms with van der Waals surface area (Å²) in [5, 5.41) is 11.8. The summed E-state index contributed by atoms with van der Waals surface area (Å²) >= 11 is 5.94. The molecule has 2 aromatic carbocycles. The van der Waals surface area contributed by atoms with Crippen molar-refractivity contribution in [2.24, 2.45) is 0 Å². The Morgan fingerprint density at radius 3 is 2.69 bits per heavy atom. The molecule has 2 heterocycles. The van der Waals surface area contributed by atoms with Gasteiger partial charge in [-0.15, -0.1) is 0 Å². The maximum absolute atomic E-state index is 11.7. The summed E-state index contributed by atoms with van der Waals surface area (Å²) < 4.78 is 23.0. The van der Waals surface area contributed by atoms with Crippen molar-refractivity contribution in [3.63, 3.8) is 0 Å². The van der Waals surface area contributed by atoms with Gasteiger partial charge in [-0.3, -0.25) is 9.69 Å². The van der Waals surface area contributed by atoms with E-state index in [1.807, 2.05) is 23.1 Å². The first-order valence-corrected chi connectivity index (χ1v) is 12.8. The highest BCUT2D eigenvalue weighted by molar-refractivity contribution is 6.30. The van der Waals surface area contributed by atoms with Gasteiger partial charge in [0.2, 0.25) is 5.91 Å². The van der Waals surface area contributed by atoms with Gasteiger partial charge in [0.1, 0.15) is 18.0 Å². The number of aliphatic hydroxyl groups is 1. The number of likely N-dealkylation sites (tertiary alicyclic amines) is 1. The quantitative estimate of drug-likeness (QED) is 0.457. The standard InChI is InChI=1S/C27H35ClN2O6/c1-33-25-16-21(5-10-24(25)35-14-3-12-30-11-2-4-26(30)31)17-29-13-15-34-19-27(32,18-29)20-36-23-8-6-22(28)7-9-23/h5-10,16,32H,2-4,11-15,17-20H2,1H3. The van der Waals surface area contributed by atoms with E-state index >= 15 is 0 Å². The minimum Gasteiger partial charge on any atom is -0.493 e. The smallest absolute Gasteiger partial charge is 0.222 e. The Labute approximate surface area is 217 Å². The molecule has 0 aliphatic carbocycles. The fourth-order valence-electron chi connectivity index (χ4n) is 4.53. The van der Waals surface area contributed by atoms with Crippen molar-refractivity contribution in [3.05, 3.63) is 53.1 Å². The van der Waals surface area contributed by atoms with Crippen LogP contribution < -0.4 is 14.2 Å². The zero-order chi connectivity index (χ0) is 25.4. The van der Waals surface area contributed by atoms with E-state index in [1.54, 1.807) is 31.4 Å². The molecular formula is C27H35ClN2O6. The largest absolute Gasteiger partial charge is 0.493 e. The summed E-state index contributed by atoms with van der Waals surface area (Å²) in [7, 11) is 1.63. The lowest BCUT2D eigenvalue weighted by Crippen LogP contribution is -2.48. The van der Waals surface area contributed by atoms with Gasteiger partial charge in [0.05, 0.1) is 26.9 Å². The number of amides is 1. The molecule has 2 saturated heterocycles. The molecule has 9 heteroatoms. The van der Waals surface area contributed by atoms with Gasteiger partial charge >= 0.3 is 0 Å². The van der Waals surface area contributed by atoms with E-state index in [-0.39, 0.29) is 19.1 Å². The van der Waals surface area contributed by atoms with Crippen molar-refractivity contribution in [2.45, 2.75) is 31.4 Å². The van der Waals surface area contributed by atoms with Crippen LogP contribution in [-0.4, -0.2) is 86.1 Å². The number of carbonyl (C=O) groups excluding carboxylic acids is 1. The van der Waals surface area contributed by atoms with Gasteiger partial charge in [-0.2, -0.15) is 0 Å². The summed E-state index contributed by atoms with van der Waals surface area (Å²) in [5.74, 6) is 2.23. The van der Waals surface area contributed by atoms with Crippen LogP contribution >= 0.6 is 11.6 Å². The Morgan fingerprint density at radius 2 is 1.94 bits per heavy atom. The third kappa shape index (κ3) is 7.49. The van der Waals surface area contributed by atoms with Crippen molar-refractivity contribution in [3.8, 4) is 17.2 Å². The van der Waals surface area contributed by atoms with Gasteiger partial charge < -0.3 is 29.0 Å². The minimum atomic E-state index is -1.14. The van der Waals surface area contributed by atoms with Crippen LogP contribution in [0, 0.1) is 0 Å². The van der Waals surface area contributed by atoms with Crippen LogP contribution in [-0.2, 0) is 16.1 Å². The predicted octanol–water partition coefficient (Wildman–Crippen LogP) is 3.38. The summed E-state index contributed by atoms with van der Waals surface area (Å²) in [6.45, 7) is 4.67. The van der Waals surface area contributed by atoms with Crippen LogP contribution in [0.4, 0.5) is 0 Å². The average Bonchev–Trinajstić information content (AvgIpc) is 3.19. The van der Waals surface area contributed by atoms with E-state index in [9.17, 15) is 9.90 Å². The molecule has 2 aliphatic heterocycles. The van der Waals surface area contributed by atoms with Crippen LogP contribution in [0.2, 0.25) is 5.02 Å². The van der Waals surface area contributed by atoms with E-state index < -0.39 is 5.60 Å². The molecular weight excluding hydrogens is 484 g/mol. The lowest BCUT2D eigenvalue weighted by atomic mass is 10.1. The number of benzene rings is 2. The van der Waals surface area contributed by atoms with E-state index in [0.717, 1.165) is 31.5 Å². The third-order valence-electron chi connectivity index (χ3n) is 6.40. The minimum absolute atomic E-state index is 0.115. The maximum Gasteiger partial charge on any atom is 0.222 e. The lowest BCUT2D eigenvalue weighted by Gasteiger charge is -2.30. The molecule has 0 radical (unpaired) electrons. The van der Waals surface area contributed by atoms with Gasteiger partial charge in [0.15, 0.2) is 11.5 Å². The first-order chi connectivity index (χ1) is 17.4. The number of rotatable bonds is 11. The maximum atomic E-state index is 11.7. The number of methoxy groups -OCH3 is 1. The van der Waals surface area contributed by atoms with E-state index in [1.165, 1.54) is 0 Å². The average molecular weight is 519 g/mol. The van der Waals surface area contributed by atoms with Gasteiger partial charge in [0, 0.05) is 44.2 Å². The number of halogens is 1. The highest BCUT2D eigenvalue weighted by Crippen LogP contribution is 2.29. The molecule has 2 aliphatic rings. The second-order valence-corrected chi connectivity index (χ2v) is 9.84. The Morgan fingerprint density at radius 1 is 1.11 bits per heavy atom. The Bertz CT molecular complexity index is 1000. The first kappa shape index (κ1) is 26.5. The lowest BCUT2D eigenvalue weighted by molar-refractivity contribution is -0.127. The van der Waals surface area contributed by atoms with Crippen LogP contribution in [0.1, 0.15) is 24.8 Å². The highest BCUT2D eigenvalue weighted by Gasteiger charge is 2.33. The van der Waals surface area contributed by atoms with Crippen molar-refractivity contribution >= 4 is 17.5 Å². The van der Waals surface area contributed by atoms with Crippen LogP contribution in [0.25, 0.3) is 0 Å². The molecule has 0 aromatic heterocycles. The molecule has 1 atom stereocenters. The molecule has 4 rings (SSSR count). The van der Waals surface area contributed by atoms with Crippen molar-refractivity contribution in [1.82, 2.24) is 9.80 Å². The number of nitrogens with zero attached hydrogens (tertiary/aromatic N) is 2. The van der Waals surface area contributed by atoms with Crippen LogP contribution in [0.3, 0.4) is 0 Å². The van der Waals surface area contributed by atoms with Crippen molar-refractivity contribution < 1.29 is 28.8 Å². The van der Waals surface area contributed by atoms with E-state index in [4.69, 9.17) is 30.5 Å². The van der Waals surface area contributed by atoms with Gasteiger partial charge in [-0.05, 0) is 54.8 Å². The van der Waals surface area contributed by atoms with Crippen LogP contribution in [0.5, 0.6) is 17.2 Å². The number of ether oxygens (including phenoxy) is 4. The Hall–Kier alpha value is -2.52. The molecule has 0 spiro atoms. The predicted molar refractivity (Wildman–Crippen MR) is 137 cm³/mol. The molecule has 1 unspecified atom stereocenters. The third-order valence-corrected chi connectivity index (χ3v) is 6.65. The van der Waals surface area contributed by atoms with Crippen molar-refractivity contribution in [2.75, 3.05) is 59.7 Å². The molecule has 1 amide bonds. The molecule has 8 nitrogen and oxygen atoms in total. The monoisotopic (exact) mass is 518 g/mol. The van der Waals surface area contributed by atoms with E-state index in [2.05, 4.69) is 4.90 Å². The Balaban J connectivity index is 1.30. The van der Waals surface area contributed by atoms with Gasteiger partial charge in [-0.25, -0.2) is 0 Å². The fraction of sp³-hybridized carbons (Fsp3) is 0.519. The summed E-state index contributed by atoms with van der Waals surface area (Å²) in [6, 6.07) is 13.0. The molecule has 1 N–H and O–H groups in total. The highest BCUT2D eigenvalue weighted by atomic mass is 35.5. The molecule has 2 fully saturated rings.